The van der Waals surface area contributed by atoms with Crippen LogP contribution in [0.2, 0.25) is 0 Å². The van der Waals surface area contributed by atoms with Crippen LogP contribution in [0.5, 0.6) is 0 Å². The molecule has 0 aromatic heterocycles. The molecule has 1 atom stereocenters. The van der Waals surface area contributed by atoms with Gasteiger partial charge in [0, 0.05) is 38.2 Å². The molecular weight excluding hydrogens is 340 g/mol. The maximum Gasteiger partial charge on any atom is 0.305 e. The summed E-state index contributed by atoms with van der Waals surface area (Å²) in [6, 6.07) is 8.28. The number of anilines is 1. The number of methoxy groups -OCH3 is 1. The topological polar surface area (TPSA) is 49.9 Å². The van der Waals surface area contributed by atoms with E-state index in [0.717, 1.165) is 57.5 Å². The van der Waals surface area contributed by atoms with Gasteiger partial charge < -0.3 is 14.5 Å². The first kappa shape index (κ1) is 21.4. The molecule has 0 spiro atoms. The van der Waals surface area contributed by atoms with E-state index in [1.807, 2.05) is 24.8 Å². The highest BCUT2D eigenvalue weighted by molar-refractivity contribution is 5.94. The largest absolute Gasteiger partial charge is 0.469 e. The minimum Gasteiger partial charge on any atom is -0.469 e. The van der Waals surface area contributed by atoms with E-state index in [-0.39, 0.29) is 11.9 Å². The van der Waals surface area contributed by atoms with E-state index >= 15 is 0 Å². The predicted octanol–water partition coefficient (Wildman–Crippen LogP) is 3.66. The zero-order chi connectivity index (χ0) is 19.6. The fraction of sp³-hybridized carbons (Fsp3) is 0.636. The maximum atomic E-state index is 12.3. The number of rotatable bonds is 6. The quantitative estimate of drug-likeness (QED) is 0.713. The molecular formula is C22H34N2O3. The number of carbonyl (C=O) groups excluding carboxylic acids is 2. The van der Waals surface area contributed by atoms with E-state index < -0.39 is 0 Å². The number of likely N-dealkylation sites (tertiary alicyclic amines) is 1. The summed E-state index contributed by atoms with van der Waals surface area (Å²) in [5.74, 6) is 0.546. The Labute approximate surface area is 163 Å². The number of carbonyl (C=O) groups is 2. The molecule has 3 rings (SSSR count). The standard InChI is InChI=1S/C20H28N2O3.C2H6/c1-25-20(24)14-16-9-12-21(15-16)13-10-17-6-2-3-7-18(17)22-11-5-4-8-19(22)23;1-2/h2-3,6-7,16H,4-5,8-15H2,1H3;1-2H3. The minimum atomic E-state index is -0.110. The predicted molar refractivity (Wildman–Crippen MR) is 109 cm³/mol. The van der Waals surface area contributed by atoms with Crippen molar-refractivity contribution in [3.63, 3.8) is 0 Å². The molecule has 150 valence electrons. The summed E-state index contributed by atoms with van der Waals surface area (Å²) >= 11 is 0. The second kappa shape index (κ2) is 11.1. The van der Waals surface area contributed by atoms with Crippen LogP contribution in [0.3, 0.4) is 0 Å². The van der Waals surface area contributed by atoms with E-state index in [4.69, 9.17) is 4.74 Å². The van der Waals surface area contributed by atoms with E-state index in [9.17, 15) is 9.59 Å². The third-order valence-electron chi connectivity index (χ3n) is 5.36. The third kappa shape index (κ3) is 6.06. The van der Waals surface area contributed by atoms with Crippen molar-refractivity contribution in [2.24, 2.45) is 5.92 Å². The number of para-hydroxylation sites is 1. The SMILES string of the molecule is CC.COC(=O)CC1CCN(CCc2ccccc2N2CCCCC2=O)C1. The Kier molecular flexibility index (Phi) is 8.79. The van der Waals surface area contributed by atoms with Crippen molar-refractivity contribution >= 4 is 17.6 Å². The fourth-order valence-corrected chi connectivity index (χ4v) is 3.93. The molecule has 2 fully saturated rings. The molecule has 1 unspecified atom stereocenters. The highest BCUT2D eigenvalue weighted by Crippen LogP contribution is 2.26. The van der Waals surface area contributed by atoms with Crippen LogP contribution in [0.4, 0.5) is 5.69 Å². The molecule has 2 heterocycles. The van der Waals surface area contributed by atoms with Gasteiger partial charge in [-0.15, -0.1) is 0 Å². The first-order valence-electron chi connectivity index (χ1n) is 10.3. The van der Waals surface area contributed by atoms with Crippen molar-refractivity contribution in [3.05, 3.63) is 29.8 Å². The van der Waals surface area contributed by atoms with Crippen LogP contribution in [0.15, 0.2) is 24.3 Å². The molecule has 0 radical (unpaired) electrons. The highest BCUT2D eigenvalue weighted by Gasteiger charge is 2.25. The summed E-state index contributed by atoms with van der Waals surface area (Å²) in [5, 5.41) is 0. The molecule has 0 N–H and O–H groups in total. The third-order valence-corrected chi connectivity index (χ3v) is 5.36. The molecule has 1 amide bonds. The molecule has 1 aromatic carbocycles. The van der Waals surface area contributed by atoms with Gasteiger partial charge in [-0.1, -0.05) is 32.0 Å². The van der Waals surface area contributed by atoms with Gasteiger partial charge in [-0.3, -0.25) is 9.59 Å². The molecule has 27 heavy (non-hydrogen) atoms. The van der Waals surface area contributed by atoms with Crippen LogP contribution in [-0.2, 0) is 20.7 Å². The molecule has 0 bridgehead atoms. The molecule has 2 saturated heterocycles. The van der Waals surface area contributed by atoms with E-state index in [2.05, 4.69) is 23.1 Å². The van der Waals surface area contributed by atoms with Gasteiger partial charge in [0.05, 0.1) is 7.11 Å². The normalized spacial score (nSPS) is 20.2. The maximum absolute atomic E-state index is 12.3. The summed E-state index contributed by atoms with van der Waals surface area (Å²) < 4.78 is 4.77. The number of hydrogen-bond donors (Lipinski definition) is 0. The number of amides is 1. The zero-order valence-electron chi connectivity index (χ0n) is 17.1. The number of esters is 1. The zero-order valence-corrected chi connectivity index (χ0v) is 17.1. The Morgan fingerprint density at radius 2 is 1.96 bits per heavy atom. The lowest BCUT2D eigenvalue weighted by Gasteiger charge is -2.29. The van der Waals surface area contributed by atoms with Crippen molar-refractivity contribution in [2.45, 2.75) is 52.4 Å². The molecule has 0 aliphatic carbocycles. The Morgan fingerprint density at radius 3 is 2.70 bits per heavy atom. The van der Waals surface area contributed by atoms with Gasteiger partial charge in [0.2, 0.25) is 5.91 Å². The average Bonchev–Trinajstić information content (AvgIpc) is 3.16. The Morgan fingerprint density at radius 1 is 1.19 bits per heavy atom. The number of piperidine rings is 1. The Balaban J connectivity index is 0.00000126. The Hall–Kier alpha value is -1.88. The van der Waals surface area contributed by atoms with Crippen LogP contribution in [0, 0.1) is 5.92 Å². The fourth-order valence-electron chi connectivity index (χ4n) is 3.93. The molecule has 2 aliphatic heterocycles. The number of hydrogen-bond acceptors (Lipinski definition) is 4. The van der Waals surface area contributed by atoms with Crippen LogP contribution in [0.1, 0.15) is 51.5 Å². The van der Waals surface area contributed by atoms with Gasteiger partial charge in [0.15, 0.2) is 0 Å². The van der Waals surface area contributed by atoms with E-state index in [0.29, 0.717) is 18.8 Å². The smallest absolute Gasteiger partial charge is 0.305 e. The second-order valence-corrected chi connectivity index (χ2v) is 7.12. The minimum absolute atomic E-state index is 0.110. The molecule has 5 nitrogen and oxygen atoms in total. The van der Waals surface area contributed by atoms with Gasteiger partial charge in [0.1, 0.15) is 0 Å². The lowest BCUT2D eigenvalue weighted by molar-refractivity contribution is -0.141. The van der Waals surface area contributed by atoms with Gasteiger partial charge in [0.25, 0.3) is 0 Å². The van der Waals surface area contributed by atoms with E-state index in [1.165, 1.54) is 12.7 Å². The van der Waals surface area contributed by atoms with E-state index in [1.54, 1.807) is 0 Å². The van der Waals surface area contributed by atoms with Crippen LogP contribution < -0.4 is 4.90 Å². The lowest BCUT2D eigenvalue weighted by Crippen LogP contribution is -2.36. The van der Waals surface area contributed by atoms with Crippen LogP contribution >= 0.6 is 0 Å². The first-order valence-corrected chi connectivity index (χ1v) is 10.3. The van der Waals surface area contributed by atoms with Gasteiger partial charge >= 0.3 is 5.97 Å². The number of benzene rings is 1. The molecule has 5 heteroatoms. The first-order chi connectivity index (χ1) is 13.2. The van der Waals surface area contributed by atoms with Crippen molar-refractivity contribution in [3.8, 4) is 0 Å². The van der Waals surface area contributed by atoms with Crippen molar-refractivity contribution < 1.29 is 14.3 Å². The summed E-state index contributed by atoms with van der Waals surface area (Å²) in [6.07, 6.45) is 5.27. The molecule has 1 aromatic rings. The van der Waals surface area contributed by atoms with Crippen LogP contribution in [-0.4, -0.2) is 50.1 Å². The van der Waals surface area contributed by atoms with Crippen molar-refractivity contribution in [1.82, 2.24) is 4.90 Å². The summed E-state index contributed by atoms with van der Waals surface area (Å²) in [5.41, 5.74) is 2.33. The second-order valence-electron chi connectivity index (χ2n) is 7.12. The average molecular weight is 375 g/mol. The summed E-state index contributed by atoms with van der Waals surface area (Å²) in [4.78, 5) is 28.1. The summed E-state index contributed by atoms with van der Waals surface area (Å²) in [6.45, 7) is 7.80. The highest BCUT2D eigenvalue weighted by atomic mass is 16.5. The van der Waals surface area contributed by atoms with Gasteiger partial charge in [-0.2, -0.15) is 0 Å². The lowest BCUT2D eigenvalue weighted by atomic mass is 10.0. The molecule has 2 aliphatic rings. The van der Waals surface area contributed by atoms with Crippen molar-refractivity contribution in [1.29, 1.82) is 0 Å². The van der Waals surface area contributed by atoms with Gasteiger partial charge in [-0.25, -0.2) is 0 Å². The van der Waals surface area contributed by atoms with Gasteiger partial charge in [-0.05, 0) is 49.8 Å². The molecule has 0 saturated carbocycles. The van der Waals surface area contributed by atoms with Crippen LogP contribution in [0.25, 0.3) is 0 Å². The van der Waals surface area contributed by atoms with Crippen molar-refractivity contribution in [2.75, 3.05) is 38.2 Å². The number of ether oxygens (including phenoxy) is 1. The Bertz CT molecular complexity index is 617. The monoisotopic (exact) mass is 374 g/mol. The summed E-state index contributed by atoms with van der Waals surface area (Å²) in [7, 11) is 1.45. The number of nitrogens with zero attached hydrogens (tertiary/aromatic N) is 2.